The van der Waals surface area contributed by atoms with E-state index >= 15 is 0 Å². The maximum atomic E-state index is 6.23. The Labute approximate surface area is 116 Å². The summed E-state index contributed by atoms with van der Waals surface area (Å²) in [6.45, 7) is 2.10. The van der Waals surface area contributed by atoms with Crippen molar-refractivity contribution in [1.82, 2.24) is 0 Å². The van der Waals surface area contributed by atoms with Crippen LogP contribution in [0.25, 0.3) is 0 Å². The standard InChI is InChI=1S/C15H16IN/c1-11-3-2-4-13(9-11)15(17)10-12-5-7-14(16)8-6-12/h2-9,15H,10,17H2,1H3. The fourth-order valence-electron chi connectivity index (χ4n) is 1.89. The minimum atomic E-state index is 0.0787. The highest BCUT2D eigenvalue weighted by Gasteiger charge is 2.06. The first-order valence-corrected chi connectivity index (χ1v) is 6.79. The van der Waals surface area contributed by atoms with Gasteiger partial charge in [0.2, 0.25) is 0 Å². The third kappa shape index (κ3) is 3.54. The van der Waals surface area contributed by atoms with Crippen LogP contribution in [-0.4, -0.2) is 0 Å². The van der Waals surface area contributed by atoms with Gasteiger partial charge in [0.25, 0.3) is 0 Å². The Morgan fingerprint density at radius 2 is 1.82 bits per heavy atom. The maximum Gasteiger partial charge on any atom is 0.0335 e. The van der Waals surface area contributed by atoms with Crippen LogP contribution in [0, 0.1) is 10.5 Å². The van der Waals surface area contributed by atoms with Crippen molar-refractivity contribution in [3.05, 3.63) is 68.8 Å². The van der Waals surface area contributed by atoms with E-state index in [0.29, 0.717) is 0 Å². The number of benzene rings is 2. The zero-order valence-electron chi connectivity index (χ0n) is 9.86. The number of nitrogens with two attached hydrogens (primary N) is 1. The summed E-state index contributed by atoms with van der Waals surface area (Å²) in [5, 5.41) is 0. The van der Waals surface area contributed by atoms with Crippen LogP contribution >= 0.6 is 22.6 Å². The van der Waals surface area contributed by atoms with E-state index in [1.165, 1.54) is 20.3 Å². The molecule has 2 rings (SSSR count). The average Bonchev–Trinajstić information content (AvgIpc) is 2.32. The molecule has 17 heavy (non-hydrogen) atoms. The fraction of sp³-hybridized carbons (Fsp3) is 0.200. The highest BCUT2D eigenvalue weighted by molar-refractivity contribution is 14.1. The largest absolute Gasteiger partial charge is 0.324 e. The fourth-order valence-corrected chi connectivity index (χ4v) is 2.25. The van der Waals surface area contributed by atoms with Gasteiger partial charge in [0.1, 0.15) is 0 Å². The van der Waals surface area contributed by atoms with Crippen molar-refractivity contribution in [1.29, 1.82) is 0 Å². The molecule has 0 fully saturated rings. The molecule has 0 aromatic heterocycles. The Hall–Kier alpha value is -0.870. The Kier molecular flexibility index (Phi) is 4.18. The van der Waals surface area contributed by atoms with Crippen LogP contribution in [0.2, 0.25) is 0 Å². The van der Waals surface area contributed by atoms with Gasteiger partial charge in [-0.25, -0.2) is 0 Å². The van der Waals surface area contributed by atoms with Crippen molar-refractivity contribution >= 4 is 22.6 Å². The molecule has 0 heterocycles. The van der Waals surface area contributed by atoms with Gasteiger partial charge in [-0.15, -0.1) is 0 Å². The molecule has 0 bridgehead atoms. The van der Waals surface area contributed by atoms with E-state index < -0.39 is 0 Å². The van der Waals surface area contributed by atoms with Crippen molar-refractivity contribution in [2.24, 2.45) is 5.73 Å². The number of hydrogen-bond acceptors (Lipinski definition) is 1. The highest BCUT2D eigenvalue weighted by Crippen LogP contribution is 2.17. The smallest absolute Gasteiger partial charge is 0.0335 e. The van der Waals surface area contributed by atoms with Crippen molar-refractivity contribution < 1.29 is 0 Å². The number of rotatable bonds is 3. The summed E-state index contributed by atoms with van der Waals surface area (Å²) >= 11 is 2.31. The van der Waals surface area contributed by atoms with Crippen LogP contribution < -0.4 is 5.73 Å². The second-order valence-electron chi connectivity index (χ2n) is 4.35. The molecule has 2 heteroatoms. The van der Waals surface area contributed by atoms with E-state index in [9.17, 15) is 0 Å². The van der Waals surface area contributed by atoms with Crippen LogP contribution in [0.1, 0.15) is 22.7 Å². The van der Waals surface area contributed by atoms with E-state index in [1.807, 2.05) is 0 Å². The first-order valence-electron chi connectivity index (χ1n) is 5.72. The topological polar surface area (TPSA) is 26.0 Å². The first kappa shape index (κ1) is 12.6. The zero-order valence-corrected chi connectivity index (χ0v) is 12.0. The molecule has 0 amide bonds. The molecule has 0 aliphatic heterocycles. The summed E-state index contributed by atoms with van der Waals surface area (Å²) in [6, 6.07) is 17.1. The number of halogens is 1. The van der Waals surface area contributed by atoms with Crippen LogP contribution in [0.15, 0.2) is 48.5 Å². The van der Waals surface area contributed by atoms with Crippen molar-refractivity contribution in [3.8, 4) is 0 Å². The summed E-state index contributed by atoms with van der Waals surface area (Å²) in [6.07, 6.45) is 0.889. The molecule has 88 valence electrons. The van der Waals surface area contributed by atoms with Crippen LogP contribution in [-0.2, 0) is 6.42 Å². The lowest BCUT2D eigenvalue weighted by Crippen LogP contribution is -2.13. The highest BCUT2D eigenvalue weighted by atomic mass is 127. The molecule has 0 saturated heterocycles. The van der Waals surface area contributed by atoms with Crippen molar-refractivity contribution in [2.75, 3.05) is 0 Å². The van der Waals surface area contributed by atoms with Gasteiger partial charge in [-0.1, -0.05) is 42.0 Å². The van der Waals surface area contributed by atoms with Crippen molar-refractivity contribution in [3.63, 3.8) is 0 Å². The minimum Gasteiger partial charge on any atom is -0.324 e. The van der Waals surface area contributed by atoms with E-state index in [-0.39, 0.29) is 6.04 Å². The first-order chi connectivity index (χ1) is 8.15. The van der Waals surface area contributed by atoms with E-state index in [1.54, 1.807) is 0 Å². The Morgan fingerprint density at radius 1 is 1.12 bits per heavy atom. The van der Waals surface area contributed by atoms with Gasteiger partial charge < -0.3 is 5.73 Å². The maximum absolute atomic E-state index is 6.23. The lowest BCUT2D eigenvalue weighted by Gasteiger charge is -2.12. The molecule has 1 atom stereocenters. The third-order valence-corrected chi connectivity index (χ3v) is 3.56. The van der Waals surface area contributed by atoms with Crippen LogP contribution in [0.3, 0.4) is 0 Å². The molecule has 0 aliphatic rings. The number of hydrogen-bond donors (Lipinski definition) is 1. The van der Waals surface area contributed by atoms with Gasteiger partial charge in [0, 0.05) is 9.61 Å². The second-order valence-corrected chi connectivity index (χ2v) is 5.60. The van der Waals surface area contributed by atoms with E-state index in [4.69, 9.17) is 5.73 Å². The molecule has 2 N–H and O–H groups in total. The van der Waals surface area contributed by atoms with Crippen molar-refractivity contribution in [2.45, 2.75) is 19.4 Å². The predicted octanol–water partition coefficient (Wildman–Crippen LogP) is 3.84. The Morgan fingerprint density at radius 3 is 2.47 bits per heavy atom. The Bertz CT molecular complexity index is 491. The van der Waals surface area contributed by atoms with Gasteiger partial charge in [-0.2, -0.15) is 0 Å². The van der Waals surface area contributed by atoms with Gasteiger partial charge in [-0.05, 0) is 59.2 Å². The number of aryl methyl sites for hydroxylation is 1. The summed E-state index contributed by atoms with van der Waals surface area (Å²) < 4.78 is 1.26. The average molecular weight is 337 g/mol. The molecule has 0 aliphatic carbocycles. The third-order valence-electron chi connectivity index (χ3n) is 2.84. The van der Waals surface area contributed by atoms with Crippen LogP contribution in [0.5, 0.6) is 0 Å². The summed E-state index contributed by atoms with van der Waals surface area (Å²) in [5.74, 6) is 0. The normalized spacial score (nSPS) is 12.4. The summed E-state index contributed by atoms with van der Waals surface area (Å²) in [7, 11) is 0. The molecule has 0 spiro atoms. The molecule has 2 aromatic rings. The summed E-state index contributed by atoms with van der Waals surface area (Å²) in [5.41, 5.74) is 10.00. The molecule has 0 radical (unpaired) electrons. The van der Waals surface area contributed by atoms with E-state index in [2.05, 4.69) is 78.0 Å². The van der Waals surface area contributed by atoms with Gasteiger partial charge in [0.05, 0.1) is 0 Å². The monoisotopic (exact) mass is 337 g/mol. The molecule has 0 saturated carbocycles. The predicted molar refractivity (Wildman–Crippen MR) is 81.0 cm³/mol. The molecular formula is C15H16IN. The zero-order chi connectivity index (χ0) is 12.3. The SMILES string of the molecule is Cc1cccc(C(N)Cc2ccc(I)cc2)c1. The van der Waals surface area contributed by atoms with Gasteiger partial charge >= 0.3 is 0 Å². The molecule has 2 aromatic carbocycles. The van der Waals surface area contributed by atoms with E-state index in [0.717, 1.165) is 6.42 Å². The summed E-state index contributed by atoms with van der Waals surface area (Å²) in [4.78, 5) is 0. The molecule has 1 unspecified atom stereocenters. The Balaban J connectivity index is 2.11. The van der Waals surface area contributed by atoms with Gasteiger partial charge in [-0.3, -0.25) is 0 Å². The quantitative estimate of drug-likeness (QED) is 0.846. The molecular weight excluding hydrogens is 321 g/mol. The lowest BCUT2D eigenvalue weighted by atomic mass is 9.98. The minimum absolute atomic E-state index is 0.0787. The van der Waals surface area contributed by atoms with Gasteiger partial charge in [0.15, 0.2) is 0 Å². The molecule has 1 nitrogen and oxygen atoms in total. The lowest BCUT2D eigenvalue weighted by molar-refractivity contribution is 0.721. The second kappa shape index (κ2) is 5.65. The van der Waals surface area contributed by atoms with Crippen LogP contribution in [0.4, 0.5) is 0 Å².